The molecule has 4 aromatic rings. The van der Waals surface area contributed by atoms with Crippen LogP contribution in [0.15, 0.2) is 95.2 Å². The molecule has 9 heteroatoms. The van der Waals surface area contributed by atoms with Gasteiger partial charge in [-0.2, -0.15) is 5.11 Å². The van der Waals surface area contributed by atoms with Crippen LogP contribution in [0.25, 0.3) is 0 Å². The average Bonchev–Trinajstić information content (AvgIpc) is 3.09. The fourth-order valence-electron chi connectivity index (χ4n) is 4.67. The fourth-order valence-corrected chi connectivity index (χ4v) is 4.79. The van der Waals surface area contributed by atoms with Crippen molar-refractivity contribution in [2.24, 2.45) is 10.2 Å². The van der Waals surface area contributed by atoms with Crippen LogP contribution in [0.3, 0.4) is 0 Å². The molecule has 4 aromatic carbocycles. The predicted octanol–water partition coefficient (Wildman–Crippen LogP) is 11.4. The van der Waals surface area contributed by atoms with E-state index in [1.807, 2.05) is 19.1 Å². The summed E-state index contributed by atoms with van der Waals surface area (Å²) >= 11 is 6.01. The lowest BCUT2D eigenvalue weighted by molar-refractivity contribution is 0.0720. The van der Waals surface area contributed by atoms with Gasteiger partial charge in [0.05, 0.1) is 30.0 Å². The monoisotopic (exact) mass is 670 g/mol. The third-order valence-corrected chi connectivity index (χ3v) is 7.69. The Balaban J connectivity index is 1.58. The van der Waals surface area contributed by atoms with Crippen molar-refractivity contribution in [3.63, 3.8) is 0 Å². The fraction of sp³-hybridized carbons (Fsp3) is 0.333. The molecule has 0 saturated carbocycles. The number of aryl methyl sites for hydroxylation is 1. The Morgan fingerprint density at radius 3 is 1.77 bits per heavy atom. The minimum absolute atomic E-state index is 0.229. The molecule has 0 atom stereocenters. The van der Waals surface area contributed by atoms with Crippen LogP contribution < -0.4 is 18.9 Å². The molecule has 0 unspecified atom stereocenters. The van der Waals surface area contributed by atoms with E-state index >= 15 is 0 Å². The standard InChI is InChI=1S/C39H43ClN2O6/c1-4-6-8-10-26-45-36-34(42-41-32-20-22-33(23-21-32)47-38(43)29-14-12-28(3)13-15-29)24-25-35(37(36)46-27-11-9-7-5-2)48-39(44)30-16-18-31(40)19-17-30/h12-25H,4-11,26-27H2,1-3H3. The summed E-state index contributed by atoms with van der Waals surface area (Å²) in [6.07, 6.45) is 8.12. The maximum atomic E-state index is 13.1. The second-order valence-electron chi connectivity index (χ2n) is 11.4. The molecular weight excluding hydrogens is 628 g/mol. The third-order valence-electron chi connectivity index (χ3n) is 7.43. The predicted molar refractivity (Wildman–Crippen MR) is 189 cm³/mol. The van der Waals surface area contributed by atoms with E-state index in [-0.39, 0.29) is 5.75 Å². The Hall–Kier alpha value is -4.69. The summed E-state index contributed by atoms with van der Waals surface area (Å²) in [6, 6.07) is 23.8. The van der Waals surface area contributed by atoms with Gasteiger partial charge in [-0.1, -0.05) is 81.7 Å². The largest absolute Gasteiger partial charge is 0.487 e. The van der Waals surface area contributed by atoms with Crippen LogP contribution in [0.1, 0.15) is 91.5 Å². The molecule has 4 rings (SSSR count). The van der Waals surface area contributed by atoms with Gasteiger partial charge in [-0.05, 0) is 92.6 Å². The lowest BCUT2D eigenvalue weighted by Crippen LogP contribution is -2.11. The number of esters is 2. The third kappa shape index (κ3) is 11.2. The number of carbonyl (C=O) groups excluding carboxylic acids is 2. The highest BCUT2D eigenvalue weighted by Gasteiger charge is 2.21. The number of rotatable bonds is 18. The highest BCUT2D eigenvalue weighted by atomic mass is 35.5. The van der Waals surface area contributed by atoms with E-state index in [1.165, 1.54) is 0 Å². The van der Waals surface area contributed by atoms with Gasteiger partial charge in [0.1, 0.15) is 11.4 Å². The highest BCUT2D eigenvalue weighted by Crippen LogP contribution is 2.45. The van der Waals surface area contributed by atoms with Gasteiger partial charge in [0.25, 0.3) is 0 Å². The Labute approximate surface area is 288 Å². The van der Waals surface area contributed by atoms with Crippen LogP contribution in [0.5, 0.6) is 23.0 Å². The lowest BCUT2D eigenvalue weighted by atomic mass is 10.1. The summed E-state index contributed by atoms with van der Waals surface area (Å²) in [5.74, 6) is 0.293. The number of carbonyl (C=O) groups is 2. The molecule has 0 aliphatic rings. The van der Waals surface area contributed by atoms with Crippen LogP contribution >= 0.6 is 11.6 Å². The molecule has 8 nitrogen and oxygen atoms in total. The van der Waals surface area contributed by atoms with E-state index in [1.54, 1.807) is 72.8 Å². The SMILES string of the molecule is CCCCCCOc1c(N=Nc2ccc(OC(=O)c3ccc(C)cc3)cc2)ccc(OC(=O)c2ccc(Cl)cc2)c1OCCCCCC. The minimum Gasteiger partial charge on any atom is -0.487 e. The molecule has 0 N–H and O–H groups in total. The van der Waals surface area contributed by atoms with Crippen molar-refractivity contribution in [2.45, 2.75) is 72.1 Å². The normalized spacial score (nSPS) is 11.0. The van der Waals surface area contributed by atoms with E-state index in [0.29, 0.717) is 58.0 Å². The number of nitrogens with zero attached hydrogens (tertiary/aromatic N) is 2. The van der Waals surface area contributed by atoms with Crippen LogP contribution in [-0.4, -0.2) is 25.2 Å². The first-order chi connectivity index (χ1) is 23.4. The van der Waals surface area contributed by atoms with Gasteiger partial charge in [0.15, 0.2) is 11.5 Å². The van der Waals surface area contributed by atoms with E-state index in [9.17, 15) is 9.59 Å². The summed E-state index contributed by atoms with van der Waals surface area (Å²) in [5.41, 5.74) is 2.85. The number of ether oxygens (including phenoxy) is 4. The van der Waals surface area contributed by atoms with E-state index in [0.717, 1.165) is 56.9 Å². The quantitative estimate of drug-likeness (QED) is 0.0452. The molecule has 0 fully saturated rings. The van der Waals surface area contributed by atoms with Crippen molar-refractivity contribution in [2.75, 3.05) is 13.2 Å². The van der Waals surface area contributed by atoms with Crippen molar-refractivity contribution in [3.05, 3.63) is 107 Å². The molecule has 0 aliphatic carbocycles. The van der Waals surface area contributed by atoms with Crippen LogP contribution in [0.2, 0.25) is 5.02 Å². The molecule has 0 aliphatic heterocycles. The van der Waals surface area contributed by atoms with Gasteiger partial charge in [-0.15, -0.1) is 5.11 Å². The van der Waals surface area contributed by atoms with E-state index < -0.39 is 11.9 Å². The molecule has 0 saturated heterocycles. The van der Waals surface area contributed by atoms with Crippen molar-refractivity contribution in [3.8, 4) is 23.0 Å². The van der Waals surface area contributed by atoms with Gasteiger partial charge in [-0.3, -0.25) is 0 Å². The maximum Gasteiger partial charge on any atom is 0.343 e. The molecular formula is C39H43ClN2O6. The van der Waals surface area contributed by atoms with Crippen LogP contribution in [0, 0.1) is 6.92 Å². The average molecular weight is 671 g/mol. The number of azo groups is 1. The first kappa shape index (κ1) is 36.2. The van der Waals surface area contributed by atoms with Crippen molar-refractivity contribution < 1.29 is 28.5 Å². The van der Waals surface area contributed by atoms with Crippen molar-refractivity contribution in [1.82, 2.24) is 0 Å². The maximum absolute atomic E-state index is 13.1. The Morgan fingerprint density at radius 2 is 1.17 bits per heavy atom. The second-order valence-corrected chi connectivity index (χ2v) is 11.8. The number of halogens is 1. The van der Waals surface area contributed by atoms with Crippen molar-refractivity contribution >= 4 is 34.9 Å². The topological polar surface area (TPSA) is 95.8 Å². The van der Waals surface area contributed by atoms with Gasteiger partial charge in [-0.25, -0.2) is 9.59 Å². The molecule has 48 heavy (non-hydrogen) atoms. The summed E-state index contributed by atoms with van der Waals surface area (Å²) in [5, 5.41) is 9.44. The zero-order valence-electron chi connectivity index (χ0n) is 27.9. The van der Waals surface area contributed by atoms with E-state index in [2.05, 4.69) is 24.1 Å². The molecule has 0 spiro atoms. The van der Waals surface area contributed by atoms with Gasteiger partial charge in [0.2, 0.25) is 5.75 Å². The molecule has 0 radical (unpaired) electrons. The summed E-state index contributed by atoms with van der Waals surface area (Å²) in [4.78, 5) is 25.6. The molecule has 0 aromatic heterocycles. The minimum atomic E-state index is -0.547. The summed E-state index contributed by atoms with van der Waals surface area (Å²) in [6.45, 7) is 7.12. The Morgan fingerprint density at radius 1 is 0.604 bits per heavy atom. The zero-order valence-corrected chi connectivity index (χ0v) is 28.6. The first-order valence-corrected chi connectivity index (χ1v) is 17.0. The van der Waals surface area contributed by atoms with Crippen LogP contribution in [0.4, 0.5) is 11.4 Å². The first-order valence-electron chi connectivity index (χ1n) is 16.6. The lowest BCUT2D eigenvalue weighted by Gasteiger charge is -2.18. The number of hydrogen-bond acceptors (Lipinski definition) is 8. The van der Waals surface area contributed by atoms with Crippen LogP contribution in [-0.2, 0) is 0 Å². The zero-order chi connectivity index (χ0) is 34.1. The highest BCUT2D eigenvalue weighted by molar-refractivity contribution is 6.30. The summed E-state index contributed by atoms with van der Waals surface area (Å²) < 4.78 is 23.9. The number of hydrogen-bond donors (Lipinski definition) is 0. The molecule has 0 bridgehead atoms. The second kappa shape index (κ2) is 19.2. The van der Waals surface area contributed by atoms with Crippen molar-refractivity contribution in [1.29, 1.82) is 0 Å². The Bertz CT molecular complexity index is 1640. The molecule has 0 heterocycles. The molecule has 0 amide bonds. The Kier molecular flexibility index (Phi) is 14.5. The van der Waals surface area contributed by atoms with Gasteiger partial charge < -0.3 is 18.9 Å². The number of benzene rings is 4. The van der Waals surface area contributed by atoms with Gasteiger partial charge >= 0.3 is 11.9 Å². The van der Waals surface area contributed by atoms with Gasteiger partial charge in [0, 0.05) is 5.02 Å². The molecule has 252 valence electrons. The van der Waals surface area contributed by atoms with E-state index in [4.69, 9.17) is 30.5 Å². The number of unbranched alkanes of at least 4 members (excludes halogenated alkanes) is 6. The smallest absolute Gasteiger partial charge is 0.343 e. The summed E-state index contributed by atoms with van der Waals surface area (Å²) in [7, 11) is 0.